The van der Waals surface area contributed by atoms with Crippen LogP contribution >= 0.6 is 0 Å². The number of nitrogens with one attached hydrogen (secondary N) is 1. The van der Waals surface area contributed by atoms with E-state index in [0.29, 0.717) is 6.04 Å². The lowest BCUT2D eigenvalue weighted by atomic mass is 10.1. The van der Waals surface area contributed by atoms with Gasteiger partial charge in [0.25, 0.3) is 0 Å². The summed E-state index contributed by atoms with van der Waals surface area (Å²) in [6.45, 7) is 5.49. The first-order valence-electron chi connectivity index (χ1n) is 6.66. The summed E-state index contributed by atoms with van der Waals surface area (Å²) in [5.41, 5.74) is 7.43. The van der Waals surface area contributed by atoms with E-state index in [-0.39, 0.29) is 0 Å². The molecular weight excluding hydrogens is 210 g/mol. The molecule has 0 saturated carbocycles. The summed E-state index contributed by atoms with van der Waals surface area (Å²) in [5, 5.41) is 3.53. The van der Waals surface area contributed by atoms with Crippen molar-refractivity contribution in [2.75, 3.05) is 12.3 Å². The molecular formula is C14H25N3. The van der Waals surface area contributed by atoms with Crippen LogP contribution in [-0.4, -0.2) is 17.6 Å². The van der Waals surface area contributed by atoms with E-state index < -0.39 is 0 Å². The summed E-state index contributed by atoms with van der Waals surface area (Å²) < 4.78 is 0. The van der Waals surface area contributed by atoms with Crippen LogP contribution < -0.4 is 11.1 Å². The molecule has 0 bridgehead atoms. The highest BCUT2D eigenvalue weighted by atomic mass is 14.9. The van der Waals surface area contributed by atoms with Crippen molar-refractivity contribution in [1.29, 1.82) is 0 Å². The van der Waals surface area contributed by atoms with Gasteiger partial charge in [-0.15, -0.1) is 0 Å². The van der Waals surface area contributed by atoms with Crippen molar-refractivity contribution in [3.63, 3.8) is 0 Å². The molecule has 0 saturated heterocycles. The third-order valence-electron chi connectivity index (χ3n) is 2.96. The molecule has 96 valence electrons. The van der Waals surface area contributed by atoms with Gasteiger partial charge in [0.05, 0.1) is 11.9 Å². The molecule has 1 aromatic heterocycles. The molecule has 3 N–H and O–H groups in total. The second-order valence-corrected chi connectivity index (χ2v) is 4.68. The number of aromatic nitrogens is 1. The third-order valence-corrected chi connectivity index (χ3v) is 2.96. The van der Waals surface area contributed by atoms with Crippen molar-refractivity contribution in [3.8, 4) is 0 Å². The number of pyridine rings is 1. The number of rotatable bonds is 8. The number of nitrogens with two attached hydrogens (primary N) is 1. The van der Waals surface area contributed by atoms with E-state index >= 15 is 0 Å². The lowest BCUT2D eigenvalue weighted by Gasteiger charge is -2.13. The minimum absolute atomic E-state index is 0.607. The molecule has 0 aliphatic carbocycles. The number of hydrogen-bond acceptors (Lipinski definition) is 3. The van der Waals surface area contributed by atoms with Gasteiger partial charge in [-0.3, -0.25) is 4.98 Å². The van der Waals surface area contributed by atoms with Crippen molar-refractivity contribution >= 4 is 5.69 Å². The number of unbranched alkanes of at least 4 members (excludes halogenated alkanes) is 2. The van der Waals surface area contributed by atoms with Crippen LogP contribution in [0.15, 0.2) is 18.3 Å². The average molecular weight is 235 g/mol. The Bertz CT molecular complexity index is 295. The fraction of sp³-hybridized carbons (Fsp3) is 0.643. The quantitative estimate of drug-likeness (QED) is 0.681. The average Bonchev–Trinajstić information content (AvgIpc) is 2.32. The summed E-state index contributed by atoms with van der Waals surface area (Å²) in [6.07, 6.45) is 7.92. The molecule has 1 rings (SSSR count). The highest BCUT2D eigenvalue weighted by Gasteiger charge is 2.01. The number of hydrogen-bond donors (Lipinski definition) is 2. The predicted molar refractivity (Wildman–Crippen MR) is 74.0 cm³/mol. The maximum Gasteiger partial charge on any atom is 0.0501 e. The Balaban J connectivity index is 2.12. The maximum absolute atomic E-state index is 5.59. The standard InChI is InChI=1S/C14H25N3/c1-3-4-5-6-12(2)16-10-9-14-8-7-13(15)11-17-14/h7-8,11-12,16H,3-6,9-10,15H2,1-2H3. The van der Waals surface area contributed by atoms with Gasteiger partial charge < -0.3 is 11.1 Å². The monoisotopic (exact) mass is 235 g/mol. The first kappa shape index (κ1) is 14.0. The molecule has 0 spiro atoms. The second-order valence-electron chi connectivity index (χ2n) is 4.68. The Morgan fingerprint density at radius 1 is 1.35 bits per heavy atom. The molecule has 0 amide bonds. The van der Waals surface area contributed by atoms with Crippen LogP contribution in [0.25, 0.3) is 0 Å². The third kappa shape index (κ3) is 6.27. The van der Waals surface area contributed by atoms with E-state index in [1.165, 1.54) is 25.7 Å². The molecule has 0 aliphatic rings. The molecule has 1 aromatic rings. The SMILES string of the molecule is CCCCCC(C)NCCc1ccc(N)cn1. The molecule has 1 atom stereocenters. The summed E-state index contributed by atoms with van der Waals surface area (Å²) in [4.78, 5) is 4.29. The van der Waals surface area contributed by atoms with Gasteiger partial charge in [-0.2, -0.15) is 0 Å². The van der Waals surface area contributed by atoms with Gasteiger partial charge in [-0.1, -0.05) is 26.2 Å². The zero-order valence-corrected chi connectivity index (χ0v) is 11.1. The van der Waals surface area contributed by atoms with E-state index in [9.17, 15) is 0 Å². The topological polar surface area (TPSA) is 50.9 Å². The summed E-state index contributed by atoms with van der Waals surface area (Å²) in [7, 11) is 0. The van der Waals surface area contributed by atoms with Crippen LogP contribution in [0.2, 0.25) is 0 Å². The van der Waals surface area contributed by atoms with Crippen molar-refractivity contribution in [2.24, 2.45) is 0 Å². The lowest BCUT2D eigenvalue weighted by molar-refractivity contribution is 0.489. The van der Waals surface area contributed by atoms with Crippen LogP contribution in [0.3, 0.4) is 0 Å². The van der Waals surface area contributed by atoms with E-state index in [2.05, 4.69) is 24.1 Å². The zero-order valence-electron chi connectivity index (χ0n) is 11.1. The number of nitrogens with zero attached hydrogens (tertiary/aromatic N) is 1. The Kier molecular flexibility index (Phi) is 6.63. The molecule has 0 aromatic carbocycles. The molecule has 0 fully saturated rings. The smallest absolute Gasteiger partial charge is 0.0501 e. The van der Waals surface area contributed by atoms with Crippen molar-refractivity contribution in [2.45, 2.75) is 52.0 Å². The highest BCUT2D eigenvalue weighted by molar-refractivity contribution is 5.34. The van der Waals surface area contributed by atoms with Gasteiger partial charge >= 0.3 is 0 Å². The van der Waals surface area contributed by atoms with Gasteiger partial charge in [0.2, 0.25) is 0 Å². The lowest BCUT2D eigenvalue weighted by Crippen LogP contribution is -2.28. The van der Waals surface area contributed by atoms with Crippen molar-refractivity contribution in [1.82, 2.24) is 10.3 Å². The minimum Gasteiger partial charge on any atom is -0.397 e. The molecule has 0 aliphatic heterocycles. The second kappa shape index (κ2) is 8.07. The van der Waals surface area contributed by atoms with E-state index in [1.54, 1.807) is 6.20 Å². The van der Waals surface area contributed by atoms with Crippen LogP contribution in [0.5, 0.6) is 0 Å². The first-order valence-corrected chi connectivity index (χ1v) is 6.66. The van der Waals surface area contributed by atoms with E-state index in [4.69, 9.17) is 5.73 Å². The van der Waals surface area contributed by atoms with Crippen molar-refractivity contribution in [3.05, 3.63) is 24.0 Å². The van der Waals surface area contributed by atoms with Gasteiger partial charge in [0, 0.05) is 24.7 Å². The predicted octanol–water partition coefficient (Wildman–Crippen LogP) is 2.76. The fourth-order valence-corrected chi connectivity index (χ4v) is 1.83. The molecule has 1 unspecified atom stereocenters. The fourth-order valence-electron chi connectivity index (χ4n) is 1.83. The van der Waals surface area contributed by atoms with E-state index in [0.717, 1.165) is 24.3 Å². The van der Waals surface area contributed by atoms with Gasteiger partial charge in [0.1, 0.15) is 0 Å². The Morgan fingerprint density at radius 3 is 2.82 bits per heavy atom. The largest absolute Gasteiger partial charge is 0.397 e. The van der Waals surface area contributed by atoms with Crippen LogP contribution in [-0.2, 0) is 6.42 Å². The van der Waals surface area contributed by atoms with E-state index in [1.807, 2.05) is 12.1 Å². The molecule has 17 heavy (non-hydrogen) atoms. The molecule has 3 nitrogen and oxygen atoms in total. The Morgan fingerprint density at radius 2 is 2.18 bits per heavy atom. The summed E-state index contributed by atoms with van der Waals surface area (Å²) >= 11 is 0. The molecule has 0 radical (unpaired) electrons. The Hall–Kier alpha value is -1.09. The summed E-state index contributed by atoms with van der Waals surface area (Å²) in [6, 6.07) is 4.52. The minimum atomic E-state index is 0.607. The van der Waals surface area contributed by atoms with Crippen LogP contribution in [0, 0.1) is 0 Å². The van der Waals surface area contributed by atoms with Gasteiger partial charge in [0.15, 0.2) is 0 Å². The zero-order chi connectivity index (χ0) is 12.5. The number of anilines is 1. The normalized spacial score (nSPS) is 12.6. The highest BCUT2D eigenvalue weighted by Crippen LogP contribution is 2.04. The van der Waals surface area contributed by atoms with Crippen LogP contribution in [0.4, 0.5) is 5.69 Å². The van der Waals surface area contributed by atoms with Gasteiger partial charge in [-0.25, -0.2) is 0 Å². The van der Waals surface area contributed by atoms with Crippen molar-refractivity contribution < 1.29 is 0 Å². The molecule has 3 heteroatoms. The summed E-state index contributed by atoms with van der Waals surface area (Å²) in [5.74, 6) is 0. The molecule has 1 heterocycles. The van der Waals surface area contributed by atoms with Crippen LogP contribution in [0.1, 0.15) is 45.2 Å². The first-order chi connectivity index (χ1) is 8.22. The maximum atomic E-state index is 5.59. The van der Waals surface area contributed by atoms with Gasteiger partial charge in [-0.05, 0) is 25.5 Å². The Labute approximate surface area is 105 Å². The number of nitrogen functional groups attached to an aromatic ring is 1.